The molecule has 1 aromatic heterocycles. The number of piperazine rings is 1. The van der Waals surface area contributed by atoms with E-state index in [1.165, 1.54) is 4.90 Å². The first-order valence-electron chi connectivity index (χ1n) is 15.5. The molecule has 3 aliphatic rings. The third-order valence-electron chi connectivity index (χ3n) is 9.01. The van der Waals surface area contributed by atoms with E-state index in [1.54, 1.807) is 30.5 Å². The molecule has 230 valence electrons. The van der Waals surface area contributed by atoms with Gasteiger partial charge >= 0.3 is 5.97 Å². The van der Waals surface area contributed by atoms with E-state index in [2.05, 4.69) is 39.3 Å². The van der Waals surface area contributed by atoms with Crippen LogP contribution in [0.1, 0.15) is 65.3 Å². The average Bonchev–Trinajstić information content (AvgIpc) is 3.65. The number of aliphatic carboxylic acids is 1. The van der Waals surface area contributed by atoms with E-state index in [0.29, 0.717) is 34.9 Å². The summed E-state index contributed by atoms with van der Waals surface area (Å²) in [7, 11) is 2.14. The molecule has 3 heterocycles. The zero-order chi connectivity index (χ0) is 30.8. The molecule has 2 aromatic carbocycles. The zero-order valence-electron chi connectivity index (χ0n) is 25.3. The summed E-state index contributed by atoms with van der Waals surface area (Å²) < 4.78 is 0. The number of likely N-dealkylation sites (N-methyl/N-ethyl adjacent to an activating group) is 1. The third-order valence-corrected chi connectivity index (χ3v) is 9.01. The lowest BCUT2D eigenvalue weighted by molar-refractivity contribution is -0.138. The number of hydrogen-bond acceptors (Lipinski definition) is 9. The summed E-state index contributed by atoms with van der Waals surface area (Å²) in [6.07, 6.45) is 5.68. The van der Waals surface area contributed by atoms with Gasteiger partial charge in [-0.25, -0.2) is 9.78 Å². The summed E-state index contributed by atoms with van der Waals surface area (Å²) in [6.45, 7) is 5.80. The van der Waals surface area contributed by atoms with E-state index in [1.807, 2.05) is 24.0 Å². The molecule has 1 saturated heterocycles. The van der Waals surface area contributed by atoms with Crippen LogP contribution < -0.4 is 15.1 Å². The molecule has 11 heteroatoms. The first kappa shape index (κ1) is 29.6. The van der Waals surface area contributed by atoms with Gasteiger partial charge in [-0.3, -0.25) is 14.5 Å². The van der Waals surface area contributed by atoms with Gasteiger partial charge in [-0.1, -0.05) is 31.9 Å². The number of aromatic nitrogens is 2. The minimum Gasteiger partial charge on any atom is -0.480 e. The number of carboxylic acid groups (broad SMARTS) is 1. The molecule has 1 aliphatic carbocycles. The Morgan fingerprint density at radius 1 is 1.00 bits per heavy atom. The highest BCUT2D eigenvalue weighted by Crippen LogP contribution is 2.35. The fourth-order valence-electron chi connectivity index (χ4n) is 6.54. The maximum Gasteiger partial charge on any atom is 0.326 e. The van der Waals surface area contributed by atoms with Crippen LogP contribution >= 0.6 is 0 Å². The molecule has 11 nitrogen and oxygen atoms in total. The van der Waals surface area contributed by atoms with Crippen molar-refractivity contribution in [2.24, 2.45) is 0 Å². The molecular formula is C33H39N7O4. The zero-order valence-corrected chi connectivity index (χ0v) is 25.3. The van der Waals surface area contributed by atoms with Crippen LogP contribution in [0.2, 0.25) is 0 Å². The summed E-state index contributed by atoms with van der Waals surface area (Å²) in [6, 6.07) is 14.1. The Balaban J connectivity index is 1.33. The average molecular weight is 598 g/mol. The van der Waals surface area contributed by atoms with Gasteiger partial charge in [0.05, 0.1) is 17.7 Å². The van der Waals surface area contributed by atoms with Crippen molar-refractivity contribution < 1.29 is 19.5 Å². The molecular weight excluding hydrogens is 558 g/mol. The Bertz CT molecular complexity index is 1500. The van der Waals surface area contributed by atoms with Crippen molar-refractivity contribution in [1.82, 2.24) is 19.8 Å². The van der Waals surface area contributed by atoms with E-state index in [-0.39, 0.29) is 24.4 Å². The lowest BCUT2D eigenvalue weighted by Crippen LogP contribution is -2.47. The molecule has 2 amide bonds. The Kier molecular flexibility index (Phi) is 8.47. The highest BCUT2D eigenvalue weighted by Gasteiger charge is 2.38. The monoisotopic (exact) mass is 597 g/mol. The van der Waals surface area contributed by atoms with Crippen LogP contribution in [0.3, 0.4) is 0 Å². The van der Waals surface area contributed by atoms with Crippen LogP contribution in [0, 0.1) is 0 Å². The number of rotatable bonds is 10. The minimum absolute atomic E-state index is 0.0254. The Labute approximate surface area is 257 Å². The number of anilines is 4. The summed E-state index contributed by atoms with van der Waals surface area (Å²) in [4.78, 5) is 56.3. The number of carbonyl (C=O) groups excluding carboxylic acids is 2. The van der Waals surface area contributed by atoms with Crippen LogP contribution in [0.4, 0.5) is 23.1 Å². The van der Waals surface area contributed by atoms with Gasteiger partial charge in [-0.05, 0) is 62.7 Å². The van der Waals surface area contributed by atoms with Crippen molar-refractivity contribution in [3.8, 4) is 0 Å². The lowest BCUT2D eigenvalue weighted by Gasteiger charge is -2.36. The first-order valence-corrected chi connectivity index (χ1v) is 15.5. The summed E-state index contributed by atoms with van der Waals surface area (Å²) in [5.41, 5.74) is 3.22. The minimum atomic E-state index is -0.932. The highest BCUT2D eigenvalue weighted by atomic mass is 16.4. The molecule has 1 atom stereocenters. The number of hydrogen-bond donors (Lipinski definition) is 2. The first-order chi connectivity index (χ1) is 21.3. The van der Waals surface area contributed by atoms with Crippen molar-refractivity contribution in [3.63, 3.8) is 0 Å². The molecule has 0 spiro atoms. The maximum absolute atomic E-state index is 13.3. The second-order valence-electron chi connectivity index (χ2n) is 11.9. The second-order valence-corrected chi connectivity index (χ2v) is 11.9. The van der Waals surface area contributed by atoms with E-state index in [4.69, 9.17) is 4.98 Å². The van der Waals surface area contributed by atoms with Crippen molar-refractivity contribution in [2.75, 3.05) is 48.3 Å². The van der Waals surface area contributed by atoms with Gasteiger partial charge in [0.15, 0.2) is 0 Å². The van der Waals surface area contributed by atoms with Gasteiger partial charge in [0.25, 0.3) is 11.8 Å². The number of imide groups is 1. The maximum atomic E-state index is 13.3. The predicted octanol–water partition coefficient (Wildman–Crippen LogP) is 4.38. The van der Waals surface area contributed by atoms with E-state index >= 15 is 0 Å². The molecule has 2 N–H and O–H groups in total. The predicted molar refractivity (Wildman–Crippen MR) is 169 cm³/mol. The highest BCUT2D eigenvalue weighted by molar-refractivity contribution is 6.21. The Hall–Kier alpha value is -4.51. The van der Waals surface area contributed by atoms with E-state index in [0.717, 1.165) is 63.2 Å². The van der Waals surface area contributed by atoms with Gasteiger partial charge in [-0.2, -0.15) is 4.98 Å². The van der Waals surface area contributed by atoms with Crippen molar-refractivity contribution in [2.45, 2.75) is 57.7 Å². The number of amides is 2. The normalized spacial score (nSPS) is 18.0. The molecule has 1 unspecified atom stereocenters. The van der Waals surface area contributed by atoms with E-state index < -0.39 is 12.0 Å². The smallest absolute Gasteiger partial charge is 0.326 e. The summed E-state index contributed by atoms with van der Waals surface area (Å²) >= 11 is 0. The molecule has 2 fully saturated rings. The third kappa shape index (κ3) is 5.84. The number of fused-ring (bicyclic) bond motifs is 1. The Morgan fingerprint density at radius 3 is 2.23 bits per heavy atom. The number of nitrogens with zero attached hydrogens (tertiary/aromatic N) is 6. The summed E-state index contributed by atoms with van der Waals surface area (Å²) in [5.74, 6) is -0.927. The van der Waals surface area contributed by atoms with Crippen LogP contribution in [-0.2, 0) is 11.3 Å². The van der Waals surface area contributed by atoms with Crippen molar-refractivity contribution in [1.29, 1.82) is 0 Å². The molecule has 2 aliphatic heterocycles. The summed E-state index contributed by atoms with van der Waals surface area (Å²) in [5, 5.41) is 13.6. The number of carbonyl (C=O) groups is 3. The van der Waals surface area contributed by atoms with Crippen LogP contribution in [0.25, 0.3) is 0 Å². The molecule has 1 saturated carbocycles. The molecule has 3 aromatic rings. The fraction of sp³-hybridized carbons (Fsp3) is 0.424. The quantitative estimate of drug-likeness (QED) is 0.326. The van der Waals surface area contributed by atoms with Crippen LogP contribution in [-0.4, -0.2) is 88.0 Å². The van der Waals surface area contributed by atoms with Gasteiger partial charge < -0.3 is 25.1 Å². The molecule has 0 radical (unpaired) electrons. The van der Waals surface area contributed by atoms with E-state index in [9.17, 15) is 19.5 Å². The number of nitrogens with one attached hydrogen (secondary N) is 1. The van der Waals surface area contributed by atoms with Crippen molar-refractivity contribution in [3.05, 3.63) is 71.4 Å². The fourth-order valence-corrected chi connectivity index (χ4v) is 6.54. The lowest BCUT2D eigenvalue weighted by atomic mass is 10.1. The van der Waals surface area contributed by atoms with Gasteiger partial charge in [0.1, 0.15) is 11.9 Å². The SMILES string of the molecule is CCC(C(=O)O)N(c1nc(Nc2ccc(N3CCN(C)CC3)cc2)ncc1CN1C(=O)c2ccccc2C1=O)C1CCCC1. The van der Waals surface area contributed by atoms with Crippen LogP contribution in [0.15, 0.2) is 54.7 Å². The second kappa shape index (κ2) is 12.6. The van der Waals surface area contributed by atoms with Crippen LogP contribution in [0.5, 0.6) is 0 Å². The molecule has 44 heavy (non-hydrogen) atoms. The molecule has 0 bridgehead atoms. The van der Waals surface area contributed by atoms with Gasteiger partial charge in [0, 0.05) is 55.4 Å². The Morgan fingerprint density at radius 2 is 1.64 bits per heavy atom. The number of carboxylic acids is 1. The van der Waals surface area contributed by atoms with Gasteiger partial charge in [-0.15, -0.1) is 0 Å². The van der Waals surface area contributed by atoms with Crippen molar-refractivity contribution >= 4 is 40.9 Å². The number of benzene rings is 2. The standard InChI is InChI=1S/C33H39N7O4/c1-3-28(32(43)44)40(25-8-4-5-9-25)29-22(21-39-30(41)26-10-6-7-11-27(26)31(39)42)20-34-33(36-29)35-23-12-14-24(15-13-23)38-18-16-37(2)17-19-38/h6-7,10-15,20,25,28H,3-5,8-9,16-19,21H2,1-2H3,(H,43,44)(H,34,35,36). The topological polar surface area (TPSA) is 122 Å². The van der Waals surface area contributed by atoms with Gasteiger partial charge in [0.2, 0.25) is 5.95 Å². The largest absolute Gasteiger partial charge is 0.480 e. The molecule has 6 rings (SSSR count).